The topological polar surface area (TPSA) is 12.5 Å². The molecule has 1 heteroatoms. The number of rotatable bonds is 2. The molecular weight excluding hydrogens is 160 g/mol. The number of epoxide rings is 1. The van der Waals surface area contributed by atoms with Crippen LogP contribution in [0.4, 0.5) is 0 Å². The molecule has 0 amide bonds. The summed E-state index contributed by atoms with van der Waals surface area (Å²) < 4.78 is 5.81. The lowest BCUT2D eigenvalue weighted by molar-refractivity contribution is 0.209. The Morgan fingerprint density at radius 2 is 1.54 bits per heavy atom. The molecule has 0 aromatic rings. The highest BCUT2D eigenvalue weighted by Crippen LogP contribution is 2.66. The zero-order chi connectivity index (χ0) is 9.05. The summed E-state index contributed by atoms with van der Waals surface area (Å²) in [6.45, 7) is 5.82. The van der Waals surface area contributed by atoms with Gasteiger partial charge in [0.15, 0.2) is 0 Å². The Morgan fingerprint density at radius 3 is 1.85 bits per heavy atom. The summed E-state index contributed by atoms with van der Waals surface area (Å²) in [5.41, 5.74) is 0.418. The van der Waals surface area contributed by atoms with Gasteiger partial charge in [-0.2, -0.15) is 0 Å². The van der Waals surface area contributed by atoms with Gasteiger partial charge in [-0.25, -0.2) is 0 Å². The van der Waals surface area contributed by atoms with Crippen molar-refractivity contribution < 1.29 is 4.74 Å². The zero-order valence-corrected chi connectivity index (χ0v) is 8.75. The summed E-state index contributed by atoms with van der Waals surface area (Å²) in [7, 11) is 0. The van der Waals surface area contributed by atoms with Gasteiger partial charge in [-0.05, 0) is 36.5 Å². The van der Waals surface area contributed by atoms with Crippen molar-refractivity contribution in [2.75, 3.05) is 6.61 Å². The van der Waals surface area contributed by atoms with Crippen LogP contribution in [0.1, 0.15) is 39.5 Å². The number of hydrogen-bond donors (Lipinski definition) is 0. The molecule has 3 aliphatic rings. The molecule has 74 valence electrons. The second-order valence-corrected chi connectivity index (χ2v) is 5.18. The lowest BCUT2D eigenvalue weighted by Crippen LogP contribution is -2.20. The van der Waals surface area contributed by atoms with E-state index in [4.69, 9.17) is 4.74 Å². The molecule has 13 heavy (non-hydrogen) atoms. The minimum atomic E-state index is 0.418. The van der Waals surface area contributed by atoms with E-state index in [1.165, 1.54) is 25.7 Å². The van der Waals surface area contributed by atoms with Crippen molar-refractivity contribution in [3.8, 4) is 0 Å². The van der Waals surface area contributed by atoms with Crippen LogP contribution < -0.4 is 0 Å². The van der Waals surface area contributed by atoms with E-state index < -0.39 is 0 Å². The van der Waals surface area contributed by atoms with Gasteiger partial charge < -0.3 is 4.74 Å². The van der Waals surface area contributed by atoms with Crippen molar-refractivity contribution in [3.63, 3.8) is 0 Å². The minimum absolute atomic E-state index is 0.418. The fraction of sp³-hybridized carbons (Fsp3) is 1.00. The van der Waals surface area contributed by atoms with E-state index in [0.29, 0.717) is 5.60 Å². The SMILES string of the molecule is CC[C@@H]1[C@H](CC)[C@H]2CC[C@@H]1C21CO1. The Kier molecular flexibility index (Phi) is 1.59. The predicted molar refractivity (Wildman–Crippen MR) is 52.5 cm³/mol. The first-order valence-electron chi connectivity index (χ1n) is 5.97. The molecule has 1 heterocycles. The summed E-state index contributed by atoms with van der Waals surface area (Å²) >= 11 is 0. The third-order valence-electron chi connectivity index (χ3n) is 5.05. The molecular formula is C12H20O. The van der Waals surface area contributed by atoms with Gasteiger partial charge in [0.2, 0.25) is 0 Å². The van der Waals surface area contributed by atoms with Gasteiger partial charge >= 0.3 is 0 Å². The van der Waals surface area contributed by atoms with Crippen LogP contribution in [0, 0.1) is 23.7 Å². The molecule has 0 aromatic carbocycles. The molecule has 2 bridgehead atoms. The Hall–Kier alpha value is -0.0400. The van der Waals surface area contributed by atoms with Gasteiger partial charge in [0.25, 0.3) is 0 Å². The second kappa shape index (κ2) is 2.50. The fourth-order valence-corrected chi connectivity index (χ4v) is 4.56. The van der Waals surface area contributed by atoms with Crippen molar-refractivity contribution in [2.45, 2.75) is 45.1 Å². The van der Waals surface area contributed by atoms with Crippen molar-refractivity contribution in [2.24, 2.45) is 23.7 Å². The normalized spacial score (nSPS) is 57.7. The smallest absolute Gasteiger partial charge is 0.0977 e. The Morgan fingerprint density at radius 1 is 1.08 bits per heavy atom. The molecule has 1 nitrogen and oxygen atoms in total. The van der Waals surface area contributed by atoms with Crippen molar-refractivity contribution in [3.05, 3.63) is 0 Å². The van der Waals surface area contributed by atoms with Gasteiger partial charge in [-0.15, -0.1) is 0 Å². The molecule has 5 atom stereocenters. The first-order valence-corrected chi connectivity index (χ1v) is 5.97. The highest BCUT2D eigenvalue weighted by atomic mass is 16.6. The van der Waals surface area contributed by atoms with E-state index in [1.54, 1.807) is 0 Å². The first kappa shape index (κ1) is 8.28. The average molecular weight is 180 g/mol. The lowest BCUT2D eigenvalue weighted by atomic mass is 9.77. The Labute approximate surface area is 80.8 Å². The molecule has 2 aliphatic carbocycles. The van der Waals surface area contributed by atoms with Crippen molar-refractivity contribution >= 4 is 0 Å². The molecule has 3 fully saturated rings. The third-order valence-corrected chi connectivity index (χ3v) is 5.05. The summed E-state index contributed by atoms with van der Waals surface area (Å²) in [5.74, 6) is 3.86. The van der Waals surface area contributed by atoms with Crippen LogP contribution in [0.2, 0.25) is 0 Å². The number of ether oxygens (including phenoxy) is 1. The zero-order valence-electron chi connectivity index (χ0n) is 8.75. The minimum Gasteiger partial charge on any atom is -0.369 e. The Bertz CT molecular complexity index is 199. The summed E-state index contributed by atoms with van der Waals surface area (Å²) in [5, 5.41) is 0. The van der Waals surface area contributed by atoms with Crippen LogP contribution in [0.25, 0.3) is 0 Å². The van der Waals surface area contributed by atoms with Gasteiger partial charge in [0, 0.05) is 0 Å². The van der Waals surface area contributed by atoms with Crippen LogP contribution in [0.5, 0.6) is 0 Å². The largest absolute Gasteiger partial charge is 0.369 e. The van der Waals surface area contributed by atoms with Crippen molar-refractivity contribution in [1.82, 2.24) is 0 Å². The summed E-state index contributed by atoms with van der Waals surface area (Å²) in [6, 6.07) is 0. The van der Waals surface area contributed by atoms with E-state index in [9.17, 15) is 0 Å². The lowest BCUT2D eigenvalue weighted by Gasteiger charge is -2.28. The van der Waals surface area contributed by atoms with Gasteiger partial charge in [0.1, 0.15) is 0 Å². The van der Waals surface area contributed by atoms with Crippen LogP contribution in [0.15, 0.2) is 0 Å². The van der Waals surface area contributed by atoms with E-state index in [1.807, 2.05) is 0 Å². The molecule has 1 spiro atoms. The van der Waals surface area contributed by atoms with Gasteiger partial charge in [0.05, 0.1) is 12.2 Å². The Balaban J connectivity index is 1.92. The quantitative estimate of drug-likeness (QED) is 0.595. The molecule has 1 unspecified atom stereocenters. The first-order chi connectivity index (χ1) is 6.33. The van der Waals surface area contributed by atoms with Gasteiger partial charge in [-0.3, -0.25) is 0 Å². The average Bonchev–Trinajstić information content (AvgIpc) is 2.82. The third kappa shape index (κ3) is 0.823. The summed E-state index contributed by atoms with van der Waals surface area (Å²) in [6.07, 6.45) is 5.68. The van der Waals surface area contributed by atoms with E-state index in [2.05, 4.69) is 13.8 Å². The number of hydrogen-bond acceptors (Lipinski definition) is 1. The van der Waals surface area contributed by atoms with Crippen LogP contribution in [-0.2, 0) is 4.74 Å². The molecule has 2 saturated carbocycles. The predicted octanol–water partition coefficient (Wildman–Crippen LogP) is 2.85. The van der Waals surface area contributed by atoms with E-state index >= 15 is 0 Å². The monoisotopic (exact) mass is 180 g/mol. The van der Waals surface area contributed by atoms with E-state index in [-0.39, 0.29) is 0 Å². The molecule has 1 saturated heterocycles. The molecule has 0 radical (unpaired) electrons. The highest BCUT2D eigenvalue weighted by Gasteiger charge is 2.69. The van der Waals surface area contributed by atoms with Crippen LogP contribution in [0.3, 0.4) is 0 Å². The summed E-state index contributed by atoms with van der Waals surface area (Å²) in [4.78, 5) is 0. The van der Waals surface area contributed by atoms with Gasteiger partial charge in [-0.1, -0.05) is 26.7 Å². The van der Waals surface area contributed by atoms with Crippen molar-refractivity contribution in [1.29, 1.82) is 0 Å². The molecule has 1 aliphatic heterocycles. The maximum absolute atomic E-state index is 5.81. The second-order valence-electron chi connectivity index (χ2n) is 5.18. The molecule has 0 N–H and O–H groups in total. The standard InChI is InChI=1S/C12H20O/c1-3-8-9(4-2)11-6-5-10(8)12(11)7-13-12/h8-11H,3-7H2,1-2H3/t8-,9+,10+,11-,12?. The van der Waals surface area contributed by atoms with Crippen LogP contribution >= 0.6 is 0 Å². The van der Waals surface area contributed by atoms with E-state index in [0.717, 1.165) is 30.3 Å². The molecule has 0 aromatic heterocycles. The maximum atomic E-state index is 5.81. The fourth-order valence-electron chi connectivity index (χ4n) is 4.56. The maximum Gasteiger partial charge on any atom is 0.0977 e. The highest BCUT2D eigenvalue weighted by molar-refractivity contribution is 5.17. The molecule has 3 rings (SSSR count). The van der Waals surface area contributed by atoms with Crippen LogP contribution in [-0.4, -0.2) is 12.2 Å².